The molecule has 0 spiro atoms. The monoisotopic (exact) mass is 430 g/mol. The van der Waals surface area contributed by atoms with Crippen LogP contribution >= 0.6 is 0 Å². The lowest BCUT2D eigenvalue weighted by molar-refractivity contribution is -0.159. The van der Waals surface area contributed by atoms with Gasteiger partial charge in [0.25, 0.3) is 0 Å². The molecule has 1 aromatic carbocycles. The van der Waals surface area contributed by atoms with Crippen LogP contribution in [-0.2, 0) is 14.3 Å². The summed E-state index contributed by atoms with van der Waals surface area (Å²) in [6.45, 7) is 7.70. The Hall–Kier alpha value is -2.67. The van der Waals surface area contributed by atoms with Crippen LogP contribution in [0.2, 0.25) is 0 Å². The molecule has 0 radical (unpaired) electrons. The van der Waals surface area contributed by atoms with E-state index < -0.39 is 29.9 Å². The van der Waals surface area contributed by atoms with Gasteiger partial charge in [-0.05, 0) is 56.4 Å². The molecule has 1 unspecified atom stereocenters. The number of urea groups is 1. The Morgan fingerprint density at radius 2 is 1.87 bits per heavy atom. The highest BCUT2D eigenvalue weighted by atomic mass is 16.5. The zero-order valence-corrected chi connectivity index (χ0v) is 18.5. The molecule has 0 heterocycles. The summed E-state index contributed by atoms with van der Waals surface area (Å²) in [5.74, 6) is -1.47. The average molecular weight is 431 g/mol. The van der Waals surface area contributed by atoms with E-state index in [1.165, 1.54) is 0 Å². The molecule has 2 rings (SSSR count). The van der Waals surface area contributed by atoms with E-state index in [4.69, 9.17) is 4.74 Å². The fourth-order valence-corrected chi connectivity index (χ4v) is 4.09. The molecule has 170 valence electrons. The number of nitrogens with one attached hydrogen (secondary N) is 1. The summed E-state index contributed by atoms with van der Waals surface area (Å²) in [7, 11) is 0. The smallest absolute Gasteiger partial charge is 0.348 e. The topological polar surface area (TPSA) is 95.9 Å². The van der Waals surface area contributed by atoms with Gasteiger partial charge in [0.1, 0.15) is 6.10 Å². The van der Waals surface area contributed by atoms with Crippen molar-refractivity contribution in [3.05, 3.63) is 48.6 Å². The van der Waals surface area contributed by atoms with E-state index in [1.54, 1.807) is 41.9 Å². The van der Waals surface area contributed by atoms with E-state index in [2.05, 4.69) is 6.58 Å². The van der Waals surface area contributed by atoms with Gasteiger partial charge in [0.05, 0.1) is 0 Å². The standard InChI is InChI=1S/C24H34N2O5/c1-4-5-11-19(16-17(2)3)22(27)26(24(29)25-30)21(18-12-7-6-8-13-18)23(28)31-20-14-9-10-15-20/h4,6-8,12-13,17,19-21,30H,1,5,9-11,14-16H2,2-3H3,(H,25,29)/t19?,21-/m0/s1. The van der Waals surface area contributed by atoms with Gasteiger partial charge in [-0.3, -0.25) is 10.0 Å². The van der Waals surface area contributed by atoms with Gasteiger partial charge in [-0.1, -0.05) is 50.3 Å². The minimum absolute atomic E-state index is 0.207. The zero-order valence-electron chi connectivity index (χ0n) is 18.5. The van der Waals surface area contributed by atoms with Gasteiger partial charge in [0, 0.05) is 5.92 Å². The first-order valence-corrected chi connectivity index (χ1v) is 11.0. The first-order valence-electron chi connectivity index (χ1n) is 11.0. The fourth-order valence-electron chi connectivity index (χ4n) is 4.09. The quantitative estimate of drug-likeness (QED) is 0.241. The third-order valence-electron chi connectivity index (χ3n) is 5.56. The number of nitrogens with zero attached hydrogens (tertiary/aromatic N) is 1. The number of rotatable bonds is 10. The molecule has 0 aliphatic heterocycles. The van der Waals surface area contributed by atoms with Gasteiger partial charge in [-0.2, -0.15) is 0 Å². The number of amides is 3. The van der Waals surface area contributed by atoms with Crippen molar-refractivity contribution >= 4 is 17.9 Å². The molecule has 7 nitrogen and oxygen atoms in total. The molecule has 1 aliphatic rings. The van der Waals surface area contributed by atoms with Crippen LogP contribution in [0.3, 0.4) is 0 Å². The SMILES string of the molecule is C=CCCC(CC(C)C)C(=O)N(C(=O)NO)[C@H](C(=O)OC1CCCC1)c1ccccc1. The maximum atomic E-state index is 13.6. The van der Waals surface area contributed by atoms with Crippen LogP contribution in [0.5, 0.6) is 0 Å². The Bertz CT molecular complexity index is 744. The van der Waals surface area contributed by atoms with Crippen LogP contribution < -0.4 is 5.48 Å². The van der Waals surface area contributed by atoms with E-state index in [-0.39, 0.29) is 12.0 Å². The molecule has 3 amide bonds. The molecule has 0 bridgehead atoms. The normalized spacial score (nSPS) is 15.9. The third-order valence-corrected chi connectivity index (χ3v) is 5.56. The molecule has 0 aromatic heterocycles. The second-order valence-corrected chi connectivity index (χ2v) is 8.47. The Kier molecular flexibility index (Phi) is 9.72. The minimum atomic E-state index is -1.28. The largest absolute Gasteiger partial charge is 0.461 e. The molecular formula is C24H34N2O5. The van der Waals surface area contributed by atoms with Crippen LogP contribution in [0.1, 0.15) is 70.4 Å². The van der Waals surface area contributed by atoms with Gasteiger partial charge in [0.15, 0.2) is 6.04 Å². The molecule has 1 aliphatic carbocycles. The van der Waals surface area contributed by atoms with Crippen LogP contribution in [0.15, 0.2) is 43.0 Å². The summed E-state index contributed by atoms with van der Waals surface area (Å²) in [6, 6.07) is 6.27. The fraction of sp³-hybridized carbons (Fsp3) is 0.542. The van der Waals surface area contributed by atoms with Crippen molar-refractivity contribution in [2.75, 3.05) is 0 Å². The van der Waals surface area contributed by atoms with E-state index >= 15 is 0 Å². The molecule has 1 aromatic rings. The second kappa shape index (κ2) is 12.2. The van der Waals surface area contributed by atoms with Gasteiger partial charge in [0.2, 0.25) is 5.91 Å². The van der Waals surface area contributed by atoms with Crippen molar-refractivity contribution < 1.29 is 24.3 Å². The summed E-state index contributed by atoms with van der Waals surface area (Å²) in [5.41, 5.74) is 2.00. The summed E-state index contributed by atoms with van der Waals surface area (Å²) >= 11 is 0. The van der Waals surface area contributed by atoms with E-state index in [9.17, 15) is 19.6 Å². The zero-order chi connectivity index (χ0) is 22.8. The van der Waals surface area contributed by atoms with E-state index in [0.717, 1.165) is 30.6 Å². The predicted octanol–water partition coefficient (Wildman–Crippen LogP) is 4.77. The molecule has 1 saturated carbocycles. The number of hydrogen-bond acceptors (Lipinski definition) is 5. The number of carbonyl (C=O) groups excluding carboxylic acids is 3. The average Bonchev–Trinajstić information content (AvgIpc) is 3.27. The number of ether oxygens (including phenoxy) is 1. The molecule has 0 saturated heterocycles. The van der Waals surface area contributed by atoms with Crippen LogP contribution in [0, 0.1) is 11.8 Å². The minimum Gasteiger partial charge on any atom is -0.461 e. The Morgan fingerprint density at radius 1 is 1.23 bits per heavy atom. The van der Waals surface area contributed by atoms with Crippen LogP contribution in [-0.4, -0.2) is 34.1 Å². The highest BCUT2D eigenvalue weighted by Gasteiger charge is 2.41. The second-order valence-electron chi connectivity index (χ2n) is 8.47. The first-order chi connectivity index (χ1) is 14.9. The number of hydrogen-bond donors (Lipinski definition) is 2. The number of allylic oxidation sites excluding steroid dienone is 1. The number of carbonyl (C=O) groups is 3. The predicted molar refractivity (Wildman–Crippen MR) is 117 cm³/mol. The summed E-state index contributed by atoms with van der Waals surface area (Å²) in [4.78, 5) is 40.3. The third kappa shape index (κ3) is 6.92. The molecular weight excluding hydrogens is 396 g/mol. The van der Waals surface area contributed by atoms with Crippen molar-refractivity contribution in [1.29, 1.82) is 0 Å². The summed E-state index contributed by atoms with van der Waals surface area (Å²) in [5, 5.41) is 9.39. The lowest BCUT2D eigenvalue weighted by atomic mass is 9.90. The highest BCUT2D eigenvalue weighted by molar-refractivity contribution is 5.99. The van der Waals surface area contributed by atoms with Crippen molar-refractivity contribution in [3.63, 3.8) is 0 Å². The maximum absolute atomic E-state index is 13.6. The summed E-state index contributed by atoms with van der Waals surface area (Å²) in [6.07, 6.45) is 6.62. The molecule has 2 N–H and O–H groups in total. The number of imide groups is 1. The van der Waals surface area contributed by atoms with Gasteiger partial charge in [-0.15, -0.1) is 6.58 Å². The van der Waals surface area contributed by atoms with E-state index in [1.807, 2.05) is 13.8 Å². The molecule has 7 heteroatoms. The number of hydroxylamine groups is 1. The van der Waals surface area contributed by atoms with E-state index in [0.29, 0.717) is 24.8 Å². The summed E-state index contributed by atoms with van der Waals surface area (Å²) < 4.78 is 5.69. The number of benzene rings is 1. The Labute approximate surface area is 184 Å². The van der Waals surface area contributed by atoms with Crippen molar-refractivity contribution in [2.45, 2.75) is 70.9 Å². The van der Waals surface area contributed by atoms with Gasteiger partial charge < -0.3 is 4.74 Å². The van der Waals surface area contributed by atoms with Crippen molar-refractivity contribution in [1.82, 2.24) is 10.4 Å². The van der Waals surface area contributed by atoms with Crippen molar-refractivity contribution in [2.24, 2.45) is 11.8 Å². The lowest BCUT2D eigenvalue weighted by Gasteiger charge is -2.32. The molecule has 2 atom stereocenters. The van der Waals surface area contributed by atoms with Gasteiger partial charge in [-0.25, -0.2) is 20.0 Å². The molecule has 1 fully saturated rings. The highest BCUT2D eigenvalue weighted by Crippen LogP contribution is 2.30. The Morgan fingerprint density at radius 3 is 2.42 bits per heavy atom. The lowest BCUT2D eigenvalue weighted by Crippen LogP contribution is -2.50. The first kappa shape index (κ1) is 24.6. The molecule has 31 heavy (non-hydrogen) atoms. The maximum Gasteiger partial charge on any atom is 0.348 e. The Balaban J connectivity index is 2.43. The van der Waals surface area contributed by atoms with Crippen LogP contribution in [0.25, 0.3) is 0 Å². The number of esters is 1. The van der Waals surface area contributed by atoms with Crippen molar-refractivity contribution in [3.8, 4) is 0 Å². The van der Waals surface area contributed by atoms with Crippen LogP contribution in [0.4, 0.5) is 4.79 Å². The van der Waals surface area contributed by atoms with Gasteiger partial charge >= 0.3 is 12.0 Å².